The standard InChI is InChI=1S/C43H31N3/c1-43(2)36-17-9-6-14-32(36)33-25-22-30(26-37(33)43)42-44-38(28-12-4-3-5-13-28)27-39(45-42)29-20-23-31(24-21-29)46-40-18-10-7-15-34(40)35-16-8-11-19-41(35)46/h3-27H,1-2H3. The molecular weight excluding hydrogens is 558 g/mol. The first kappa shape index (κ1) is 26.6. The molecule has 3 nitrogen and oxygen atoms in total. The molecule has 0 fully saturated rings. The van der Waals surface area contributed by atoms with E-state index in [0.29, 0.717) is 0 Å². The number of aromatic nitrogens is 3. The Morgan fingerprint density at radius 2 is 1.00 bits per heavy atom. The van der Waals surface area contributed by atoms with Gasteiger partial charge in [0, 0.05) is 38.6 Å². The molecule has 3 heteroatoms. The van der Waals surface area contributed by atoms with Crippen LogP contribution in [0.3, 0.4) is 0 Å². The minimum absolute atomic E-state index is 0.0928. The second-order valence-electron chi connectivity index (χ2n) is 12.7. The number of para-hydroxylation sites is 2. The Kier molecular flexibility index (Phi) is 5.85. The van der Waals surface area contributed by atoms with Crippen molar-refractivity contribution in [3.05, 3.63) is 163 Å². The van der Waals surface area contributed by atoms with E-state index in [4.69, 9.17) is 9.97 Å². The molecule has 0 aliphatic heterocycles. The molecule has 8 aromatic rings. The molecule has 0 atom stereocenters. The lowest BCUT2D eigenvalue weighted by Gasteiger charge is -2.21. The Labute approximate surface area is 268 Å². The van der Waals surface area contributed by atoms with E-state index in [0.717, 1.165) is 39.6 Å². The molecule has 0 amide bonds. The lowest BCUT2D eigenvalue weighted by molar-refractivity contribution is 0.660. The molecule has 6 aromatic carbocycles. The first-order chi connectivity index (χ1) is 22.6. The zero-order chi connectivity index (χ0) is 30.8. The number of hydrogen-bond donors (Lipinski definition) is 0. The minimum atomic E-state index is -0.0928. The molecule has 2 aromatic heterocycles. The summed E-state index contributed by atoms with van der Waals surface area (Å²) in [4.78, 5) is 10.3. The van der Waals surface area contributed by atoms with Crippen molar-refractivity contribution in [1.82, 2.24) is 14.5 Å². The lowest BCUT2D eigenvalue weighted by Crippen LogP contribution is -2.15. The van der Waals surface area contributed by atoms with Crippen LogP contribution in [-0.2, 0) is 5.41 Å². The molecule has 0 spiro atoms. The Hall–Kier alpha value is -5.80. The van der Waals surface area contributed by atoms with E-state index in [1.54, 1.807) is 0 Å². The van der Waals surface area contributed by atoms with Gasteiger partial charge in [-0.25, -0.2) is 9.97 Å². The maximum Gasteiger partial charge on any atom is 0.160 e. The Morgan fingerprint density at radius 3 is 1.70 bits per heavy atom. The molecule has 0 saturated carbocycles. The van der Waals surface area contributed by atoms with Crippen LogP contribution in [0.25, 0.3) is 72.5 Å². The summed E-state index contributed by atoms with van der Waals surface area (Å²) in [7, 11) is 0. The van der Waals surface area contributed by atoms with Crippen LogP contribution in [0.4, 0.5) is 0 Å². The van der Waals surface area contributed by atoms with Gasteiger partial charge in [-0.3, -0.25) is 0 Å². The third-order valence-electron chi connectivity index (χ3n) is 9.64. The molecular formula is C43H31N3. The van der Waals surface area contributed by atoms with E-state index < -0.39 is 0 Å². The fraction of sp³-hybridized carbons (Fsp3) is 0.0698. The van der Waals surface area contributed by atoms with E-state index in [-0.39, 0.29) is 5.41 Å². The van der Waals surface area contributed by atoms with Crippen LogP contribution in [0.1, 0.15) is 25.0 Å². The second kappa shape index (κ2) is 10.1. The molecule has 0 unspecified atom stereocenters. The van der Waals surface area contributed by atoms with Gasteiger partial charge in [-0.15, -0.1) is 0 Å². The number of nitrogens with zero attached hydrogens (tertiary/aromatic N) is 3. The highest BCUT2D eigenvalue weighted by Gasteiger charge is 2.35. The SMILES string of the molecule is CC1(C)c2ccccc2-c2ccc(-c3nc(-c4ccccc4)cc(-c4ccc(-n5c6ccccc6c6ccccc65)cc4)n3)cc21. The first-order valence-corrected chi connectivity index (χ1v) is 15.8. The van der Waals surface area contributed by atoms with Crippen LogP contribution in [0, 0.1) is 0 Å². The van der Waals surface area contributed by atoms with E-state index in [1.165, 1.54) is 44.1 Å². The molecule has 0 radical (unpaired) electrons. The monoisotopic (exact) mass is 589 g/mol. The van der Waals surface area contributed by atoms with E-state index in [9.17, 15) is 0 Å². The first-order valence-electron chi connectivity index (χ1n) is 15.8. The molecule has 2 heterocycles. The van der Waals surface area contributed by atoms with Gasteiger partial charge in [0.2, 0.25) is 0 Å². The van der Waals surface area contributed by atoms with Crippen LogP contribution in [0.2, 0.25) is 0 Å². The predicted molar refractivity (Wildman–Crippen MR) is 190 cm³/mol. The van der Waals surface area contributed by atoms with Crippen LogP contribution >= 0.6 is 0 Å². The van der Waals surface area contributed by atoms with Gasteiger partial charge >= 0.3 is 0 Å². The van der Waals surface area contributed by atoms with Gasteiger partial charge in [-0.2, -0.15) is 0 Å². The topological polar surface area (TPSA) is 30.7 Å². The Morgan fingerprint density at radius 1 is 0.457 bits per heavy atom. The highest BCUT2D eigenvalue weighted by Crippen LogP contribution is 2.49. The van der Waals surface area contributed by atoms with Crippen LogP contribution in [0.15, 0.2) is 152 Å². The molecule has 46 heavy (non-hydrogen) atoms. The van der Waals surface area contributed by atoms with E-state index in [1.807, 2.05) is 6.07 Å². The molecule has 0 saturated heterocycles. The number of fused-ring (bicyclic) bond motifs is 6. The van der Waals surface area contributed by atoms with Gasteiger partial charge in [-0.1, -0.05) is 129 Å². The zero-order valence-electron chi connectivity index (χ0n) is 25.8. The molecule has 1 aliphatic carbocycles. The summed E-state index contributed by atoms with van der Waals surface area (Å²) in [5.41, 5.74) is 13.7. The molecule has 9 rings (SSSR count). The smallest absolute Gasteiger partial charge is 0.160 e. The van der Waals surface area contributed by atoms with E-state index in [2.05, 4.69) is 164 Å². The van der Waals surface area contributed by atoms with E-state index >= 15 is 0 Å². The van der Waals surface area contributed by atoms with Gasteiger partial charge in [-0.05, 0) is 58.7 Å². The summed E-state index contributed by atoms with van der Waals surface area (Å²) in [5.74, 6) is 0.734. The van der Waals surface area contributed by atoms with Crippen molar-refractivity contribution in [2.45, 2.75) is 19.3 Å². The predicted octanol–water partition coefficient (Wildman–Crippen LogP) is 10.9. The normalized spacial score (nSPS) is 13.2. The van der Waals surface area contributed by atoms with Crippen molar-refractivity contribution in [1.29, 1.82) is 0 Å². The third-order valence-corrected chi connectivity index (χ3v) is 9.64. The Bertz CT molecular complexity index is 2380. The summed E-state index contributed by atoms with van der Waals surface area (Å²) in [6.45, 7) is 4.62. The summed E-state index contributed by atoms with van der Waals surface area (Å²) in [6.07, 6.45) is 0. The number of benzene rings is 6. The fourth-order valence-corrected chi connectivity index (χ4v) is 7.31. The van der Waals surface area contributed by atoms with Crippen LogP contribution < -0.4 is 0 Å². The maximum absolute atomic E-state index is 5.20. The zero-order valence-corrected chi connectivity index (χ0v) is 25.8. The van der Waals surface area contributed by atoms with Crippen molar-refractivity contribution < 1.29 is 0 Å². The van der Waals surface area contributed by atoms with Crippen LogP contribution in [0.5, 0.6) is 0 Å². The minimum Gasteiger partial charge on any atom is -0.309 e. The molecule has 0 bridgehead atoms. The van der Waals surface area contributed by atoms with Crippen molar-refractivity contribution >= 4 is 21.8 Å². The molecule has 218 valence electrons. The summed E-state index contributed by atoms with van der Waals surface area (Å²) >= 11 is 0. The fourth-order valence-electron chi connectivity index (χ4n) is 7.31. The molecule has 0 N–H and O–H groups in total. The number of rotatable bonds is 4. The Balaban J connectivity index is 1.17. The second-order valence-corrected chi connectivity index (χ2v) is 12.7. The number of hydrogen-bond acceptors (Lipinski definition) is 2. The van der Waals surface area contributed by atoms with Crippen molar-refractivity contribution in [2.24, 2.45) is 0 Å². The maximum atomic E-state index is 5.20. The lowest BCUT2D eigenvalue weighted by atomic mass is 9.82. The van der Waals surface area contributed by atoms with Crippen molar-refractivity contribution in [3.63, 3.8) is 0 Å². The average molecular weight is 590 g/mol. The van der Waals surface area contributed by atoms with Gasteiger partial charge in [0.15, 0.2) is 5.82 Å². The third kappa shape index (κ3) is 4.05. The largest absolute Gasteiger partial charge is 0.309 e. The van der Waals surface area contributed by atoms with Crippen LogP contribution in [-0.4, -0.2) is 14.5 Å². The molecule has 1 aliphatic rings. The van der Waals surface area contributed by atoms with Crippen molar-refractivity contribution in [2.75, 3.05) is 0 Å². The van der Waals surface area contributed by atoms with Gasteiger partial charge in [0.1, 0.15) is 0 Å². The van der Waals surface area contributed by atoms with Gasteiger partial charge in [0.25, 0.3) is 0 Å². The summed E-state index contributed by atoms with van der Waals surface area (Å²) in [6, 6.07) is 54.0. The van der Waals surface area contributed by atoms with Gasteiger partial charge < -0.3 is 4.57 Å². The summed E-state index contributed by atoms with van der Waals surface area (Å²) in [5, 5.41) is 2.52. The average Bonchev–Trinajstić information content (AvgIpc) is 3.57. The van der Waals surface area contributed by atoms with Gasteiger partial charge in [0.05, 0.1) is 22.4 Å². The van der Waals surface area contributed by atoms with Crippen molar-refractivity contribution in [3.8, 4) is 50.7 Å². The summed E-state index contributed by atoms with van der Waals surface area (Å²) < 4.78 is 2.35. The highest BCUT2D eigenvalue weighted by molar-refractivity contribution is 6.09. The highest BCUT2D eigenvalue weighted by atomic mass is 15.0. The quantitative estimate of drug-likeness (QED) is 0.204.